The van der Waals surface area contributed by atoms with E-state index in [1.165, 1.54) is 11.3 Å². The molecular weight excluding hydrogens is 326 g/mol. The molecule has 1 saturated heterocycles. The minimum atomic E-state index is -0.503. The van der Waals surface area contributed by atoms with Gasteiger partial charge in [-0.05, 0) is 32.8 Å². The molecule has 8 heteroatoms. The predicted molar refractivity (Wildman–Crippen MR) is 91.1 cm³/mol. The number of carbonyl (C=O) groups is 2. The maximum atomic E-state index is 12.6. The first kappa shape index (κ1) is 16.6. The van der Waals surface area contributed by atoms with Crippen LogP contribution < -0.4 is 5.73 Å². The molecule has 24 heavy (non-hydrogen) atoms. The van der Waals surface area contributed by atoms with Crippen molar-refractivity contribution in [2.24, 2.45) is 5.73 Å². The quantitative estimate of drug-likeness (QED) is 0.916. The van der Waals surface area contributed by atoms with E-state index in [2.05, 4.69) is 28.6 Å². The first-order valence-corrected chi connectivity index (χ1v) is 8.92. The van der Waals surface area contributed by atoms with Gasteiger partial charge in [-0.15, -0.1) is 21.5 Å². The molecule has 128 valence electrons. The molecule has 0 bridgehead atoms. The highest BCUT2D eigenvalue weighted by Crippen LogP contribution is 2.29. The summed E-state index contributed by atoms with van der Waals surface area (Å²) in [6.07, 6.45) is 3.50. The third kappa shape index (κ3) is 3.19. The normalized spacial score (nSPS) is 15.9. The lowest BCUT2D eigenvalue weighted by molar-refractivity contribution is 0.0715. The Labute approximate surface area is 144 Å². The molecule has 2 N–H and O–H groups in total. The fourth-order valence-electron chi connectivity index (χ4n) is 3.02. The molecule has 0 radical (unpaired) electrons. The first-order valence-electron chi connectivity index (χ1n) is 8.04. The van der Waals surface area contributed by atoms with Crippen LogP contribution in [0.3, 0.4) is 0 Å². The summed E-state index contributed by atoms with van der Waals surface area (Å²) >= 11 is 1.27. The molecule has 3 rings (SSSR count). The van der Waals surface area contributed by atoms with Gasteiger partial charge < -0.3 is 15.2 Å². The SMILES string of the molecule is CC(C)n1cnnc1C1CCN(C(=O)c2cc(C(N)=O)cs2)CC1. The Morgan fingerprint density at radius 3 is 2.62 bits per heavy atom. The van der Waals surface area contributed by atoms with Crippen LogP contribution in [0.15, 0.2) is 17.8 Å². The molecule has 0 aromatic carbocycles. The van der Waals surface area contributed by atoms with Crippen molar-refractivity contribution in [3.63, 3.8) is 0 Å². The molecule has 7 nitrogen and oxygen atoms in total. The molecule has 1 aliphatic rings. The summed E-state index contributed by atoms with van der Waals surface area (Å²) < 4.78 is 2.10. The standard InChI is InChI=1S/C16H21N5O2S/c1-10(2)21-9-18-19-15(21)11-3-5-20(6-4-11)16(23)13-7-12(8-24-13)14(17)22/h7-11H,3-6H2,1-2H3,(H2,17,22). The summed E-state index contributed by atoms with van der Waals surface area (Å²) in [6.45, 7) is 5.58. The summed E-state index contributed by atoms with van der Waals surface area (Å²) in [5, 5.41) is 9.93. The molecule has 0 spiro atoms. The second-order valence-electron chi connectivity index (χ2n) is 6.32. The lowest BCUT2D eigenvalue weighted by atomic mass is 9.95. The Morgan fingerprint density at radius 2 is 2.04 bits per heavy atom. The lowest BCUT2D eigenvalue weighted by Gasteiger charge is -2.31. The summed E-state index contributed by atoms with van der Waals surface area (Å²) in [5.74, 6) is 0.793. The van der Waals surface area contributed by atoms with E-state index in [-0.39, 0.29) is 5.91 Å². The summed E-state index contributed by atoms with van der Waals surface area (Å²) in [7, 11) is 0. The fourth-order valence-corrected chi connectivity index (χ4v) is 3.88. The molecule has 1 fully saturated rings. The highest BCUT2D eigenvalue weighted by molar-refractivity contribution is 7.12. The van der Waals surface area contributed by atoms with Crippen molar-refractivity contribution < 1.29 is 9.59 Å². The Hall–Kier alpha value is -2.22. The Morgan fingerprint density at radius 1 is 1.33 bits per heavy atom. The van der Waals surface area contributed by atoms with Crippen molar-refractivity contribution in [2.75, 3.05) is 13.1 Å². The molecule has 0 aliphatic carbocycles. The molecule has 0 saturated carbocycles. The van der Waals surface area contributed by atoms with Crippen molar-refractivity contribution >= 4 is 23.2 Å². The number of primary amides is 1. The highest BCUT2D eigenvalue weighted by atomic mass is 32.1. The van der Waals surface area contributed by atoms with Crippen LogP contribution in [0.5, 0.6) is 0 Å². The number of nitrogens with two attached hydrogens (primary N) is 1. The van der Waals surface area contributed by atoms with Gasteiger partial charge in [0.2, 0.25) is 5.91 Å². The molecule has 3 heterocycles. The lowest BCUT2D eigenvalue weighted by Crippen LogP contribution is -2.38. The van der Waals surface area contributed by atoms with E-state index < -0.39 is 5.91 Å². The molecular formula is C16H21N5O2S. The number of thiophene rings is 1. The zero-order valence-electron chi connectivity index (χ0n) is 13.8. The number of likely N-dealkylation sites (tertiary alicyclic amines) is 1. The van der Waals surface area contributed by atoms with Gasteiger partial charge in [0.25, 0.3) is 5.91 Å². The largest absolute Gasteiger partial charge is 0.366 e. The van der Waals surface area contributed by atoms with Crippen molar-refractivity contribution in [3.8, 4) is 0 Å². The number of piperidine rings is 1. The summed E-state index contributed by atoms with van der Waals surface area (Å²) in [4.78, 5) is 26.1. The van der Waals surface area contributed by atoms with E-state index in [4.69, 9.17) is 5.73 Å². The maximum absolute atomic E-state index is 12.6. The maximum Gasteiger partial charge on any atom is 0.263 e. The van der Waals surface area contributed by atoms with E-state index >= 15 is 0 Å². The van der Waals surface area contributed by atoms with Gasteiger partial charge in [-0.25, -0.2) is 0 Å². The van der Waals surface area contributed by atoms with Crippen LogP contribution in [0, 0.1) is 0 Å². The number of amides is 2. The van der Waals surface area contributed by atoms with Gasteiger partial charge in [0.05, 0.1) is 10.4 Å². The van der Waals surface area contributed by atoms with Crippen LogP contribution in [0.1, 0.15) is 64.5 Å². The van der Waals surface area contributed by atoms with E-state index in [1.807, 2.05) is 4.90 Å². The minimum absolute atomic E-state index is 0.0312. The monoisotopic (exact) mass is 347 g/mol. The van der Waals surface area contributed by atoms with Crippen molar-refractivity contribution in [3.05, 3.63) is 34.0 Å². The molecule has 2 aromatic rings. The molecule has 2 amide bonds. The average molecular weight is 347 g/mol. The molecule has 1 aliphatic heterocycles. The van der Waals surface area contributed by atoms with Gasteiger partial charge in [0, 0.05) is 30.4 Å². The van der Waals surface area contributed by atoms with Gasteiger partial charge >= 0.3 is 0 Å². The van der Waals surface area contributed by atoms with Crippen LogP contribution in [-0.4, -0.2) is 44.6 Å². The van der Waals surface area contributed by atoms with Crippen molar-refractivity contribution in [2.45, 2.75) is 38.6 Å². The fraction of sp³-hybridized carbons (Fsp3) is 0.500. The molecule has 0 unspecified atom stereocenters. The second kappa shape index (κ2) is 6.72. The number of carbonyl (C=O) groups excluding carboxylic acids is 2. The molecule has 0 atom stereocenters. The van der Waals surface area contributed by atoms with Crippen LogP contribution >= 0.6 is 11.3 Å². The van der Waals surface area contributed by atoms with E-state index in [0.717, 1.165) is 18.7 Å². The summed E-state index contributed by atoms with van der Waals surface area (Å²) in [6, 6.07) is 1.91. The van der Waals surface area contributed by atoms with Gasteiger partial charge in [-0.3, -0.25) is 9.59 Å². The second-order valence-corrected chi connectivity index (χ2v) is 7.23. The van der Waals surface area contributed by atoms with Gasteiger partial charge in [0.15, 0.2) is 0 Å². The van der Waals surface area contributed by atoms with Crippen molar-refractivity contribution in [1.29, 1.82) is 0 Å². The smallest absolute Gasteiger partial charge is 0.263 e. The van der Waals surface area contributed by atoms with E-state index in [1.54, 1.807) is 17.8 Å². The first-order chi connectivity index (χ1) is 11.5. The topological polar surface area (TPSA) is 94.1 Å². The third-order valence-corrected chi connectivity index (χ3v) is 5.32. The Kier molecular flexibility index (Phi) is 4.66. The van der Waals surface area contributed by atoms with Crippen molar-refractivity contribution in [1.82, 2.24) is 19.7 Å². The van der Waals surface area contributed by atoms with Crippen LogP contribution in [0.2, 0.25) is 0 Å². The van der Waals surface area contributed by atoms with Crippen LogP contribution in [0.4, 0.5) is 0 Å². The van der Waals surface area contributed by atoms with Gasteiger partial charge in [-0.2, -0.15) is 0 Å². The van der Waals surface area contributed by atoms with E-state index in [9.17, 15) is 9.59 Å². The van der Waals surface area contributed by atoms with Gasteiger partial charge in [-0.1, -0.05) is 0 Å². The number of aromatic nitrogens is 3. The Balaban J connectivity index is 1.65. The highest BCUT2D eigenvalue weighted by Gasteiger charge is 2.28. The summed E-state index contributed by atoms with van der Waals surface area (Å²) in [5.41, 5.74) is 5.64. The van der Waals surface area contributed by atoms with Gasteiger partial charge in [0.1, 0.15) is 12.2 Å². The minimum Gasteiger partial charge on any atom is -0.366 e. The Bertz CT molecular complexity index is 743. The number of hydrogen-bond donors (Lipinski definition) is 1. The van der Waals surface area contributed by atoms with Crippen LogP contribution in [0.25, 0.3) is 0 Å². The predicted octanol–water partition coefficient (Wildman–Crippen LogP) is 2.04. The zero-order chi connectivity index (χ0) is 17.3. The third-order valence-electron chi connectivity index (χ3n) is 4.40. The zero-order valence-corrected chi connectivity index (χ0v) is 14.6. The number of nitrogens with zero attached hydrogens (tertiary/aromatic N) is 4. The van der Waals surface area contributed by atoms with Crippen LogP contribution in [-0.2, 0) is 0 Å². The average Bonchev–Trinajstić information content (AvgIpc) is 3.23. The number of hydrogen-bond acceptors (Lipinski definition) is 5. The molecule has 2 aromatic heterocycles. The number of rotatable bonds is 4. The van der Waals surface area contributed by atoms with E-state index in [0.29, 0.717) is 35.5 Å².